The zero-order valence-corrected chi connectivity index (χ0v) is 6.79. The van der Waals surface area contributed by atoms with Crippen LogP contribution in [0.25, 0.3) is 6.08 Å². The molecule has 1 nitrogen and oxygen atoms in total. The van der Waals surface area contributed by atoms with Gasteiger partial charge < -0.3 is 6.15 Å². The molecule has 1 aromatic carbocycles. The number of rotatable bonds is 1. The third-order valence-electron chi connectivity index (χ3n) is 1.04. The molecular formula is C10H15N. The third kappa shape index (κ3) is 5.12. The van der Waals surface area contributed by atoms with Gasteiger partial charge in [-0.2, -0.15) is 0 Å². The van der Waals surface area contributed by atoms with E-state index in [0.29, 0.717) is 0 Å². The predicted octanol–water partition coefficient (Wildman–Crippen LogP) is 3.29. The summed E-state index contributed by atoms with van der Waals surface area (Å²) in [6, 6.07) is 10.0. The topological polar surface area (TPSA) is 35.0 Å². The summed E-state index contributed by atoms with van der Waals surface area (Å²) in [6.07, 6.45) is 1.83. The van der Waals surface area contributed by atoms with Gasteiger partial charge in [0, 0.05) is 0 Å². The van der Waals surface area contributed by atoms with Crippen molar-refractivity contribution in [1.82, 2.24) is 6.15 Å². The zero-order valence-electron chi connectivity index (χ0n) is 6.79. The van der Waals surface area contributed by atoms with Crippen LogP contribution < -0.4 is 6.15 Å². The van der Waals surface area contributed by atoms with E-state index in [0.717, 1.165) is 0 Å². The van der Waals surface area contributed by atoms with Crippen molar-refractivity contribution in [3.05, 3.63) is 55.6 Å². The van der Waals surface area contributed by atoms with Gasteiger partial charge >= 0.3 is 0 Å². The molecule has 1 heteroatoms. The van der Waals surface area contributed by atoms with Crippen LogP contribution in [-0.4, -0.2) is 0 Å². The van der Waals surface area contributed by atoms with Crippen LogP contribution in [0.5, 0.6) is 0 Å². The van der Waals surface area contributed by atoms with Crippen molar-refractivity contribution in [2.75, 3.05) is 0 Å². The highest BCUT2D eigenvalue weighted by molar-refractivity contribution is 5.45. The molecule has 0 fully saturated rings. The highest BCUT2D eigenvalue weighted by atomic mass is 14.0. The van der Waals surface area contributed by atoms with Crippen molar-refractivity contribution < 1.29 is 0 Å². The average Bonchev–Trinajstić information content (AvgIpc) is 2.10. The minimum atomic E-state index is 0. The summed E-state index contributed by atoms with van der Waals surface area (Å²) in [4.78, 5) is 0. The standard InChI is InChI=1S/C8H8.C2H4.H3N/c1-2-8-6-4-3-5-7-8;1-2;/h2-7H,1H2;1-2H2;1H3. The first-order valence-electron chi connectivity index (χ1n) is 3.11. The van der Waals surface area contributed by atoms with E-state index in [1.807, 2.05) is 36.4 Å². The Balaban J connectivity index is 0. The van der Waals surface area contributed by atoms with Gasteiger partial charge in [0.1, 0.15) is 0 Å². The Hall–Kier alpha value is -1.34. The molecule has 1 aromatic rings. The fourth-order valence-electron chi connectivity index (χ4n) is 0.589. The minimum absolute atomic E-state index is 0. The molecule has 0 aromatic heterocycles. The van der Waals surface area contributed by atoms with Gasteiger partial charge in [0.2, 0.25) is 0 Å². The van der Waals surface area contributed by atoms with Gasteiger partial charge in [0.15, 0.2) is 0 Å². The fraction of sp³-hybridized carbons (Fsp3) is 0. The van der Waals surface area contributed by atoms with Gasteiger partial charge in [-0.15, -0.1) is 13.2 Å². The molecule has 60 valence electrons. The van der Waals surface area contributed by atoms with E-state index < -0.39 is 0 Å². The Kier molecular flexibility index (Phi) is 9.72. The van der Waals surface area contributed by atoms with Crippen molar-refractivity contribution >= 4 is 6.08 Å². The Bertz CT molecular complexity index is 179. The molecule has 0 aliphatic heterocycles. The Morgan fingerprint density at radius 2 is 1.45 bits per heavy atom. The second-order valence-electron chi connectivity index (χ2n) is 1.61. The summed E-state index contributed by atoms with van der Waals surface area (Å²) in [5.41, 5.74) is 1.17. The van der Waals surface area contributed by atoms with E-state index in [9.17, 15) is 0 Å². The molecule has 0 radical (unpaired) electrons. The Morgan fingerprint density at radius 1 is 1.00 bits per heavy atom. The molecule has 11 heavy (non-hydrogen) atoms. The van der Waals surface area contributed by atoms with Crippen LogP contribution in [0.15, 0.2) is 50.1 Å². The largest absolute Gasteiger partial charge is 0.344 e. The van der Waals surface area contributed by atoms with Gasteiger partial charge in [-0.1, -0.05) is 43.0 Å². The molecule has 0 atom stereocenters. The molecule has 0 amide bonds. The number of hydrogen-bond acceptors (Lipinski definition) is 1. The molecule has 0 saturated carbocycles. The van der Waals surface area contributed by atoms with Crippen molar-refractivity contribution in [1.29, 1.82) is 0 Å². The van der Waals surface area contributed by atoms with E-state index in [1.54, 1.807) is 0 Å². The van der Waals surface area contributed by atoms with Crippen LogP contribution in [-0.2, 0) is 0 Å². The Morgan fingerprint density at radius 3 is 1.73 bits per heavy atom. The molecule has 0 heterocycles. The van der Waals surface area contributed by atoms with Crippen LogP contribution in [0, 0.1) is 0 Å². The molecule has 0 aliphatic carbocycles. The lowest BCUT2D eigenvalue weighted by atomic mass is 10.2. The maximum absolute atomic E-state index is 3.63. The van der Waals surface area contributed by atoms with Gasteiger partial charge in [0.05, 0.1) is 0 Å². The summed E-state index contributed by atoms with van der Waals surface area (Å²) in [5, 5.41) is 0. The summed E-state index contributed by atoms with van der Waals surface area (Å²) in [5.74, 6) is 0. The van der Waals surface area contributed by atoms with Crippen molar-refractivity contribution in [2.45, 2.75) is 0 Å². The van der Waals surface area contributed by atoms with E-state index in [-0.39, 0.29) is 6.15 Å². The highest BCUT2D eigenvalue weighted by Gasteiger charge is 1.75. The summed E-state index contributed by atoms with van der Waals surface area (Å²) >= 11 is 0. The second kappa shape index (κ2) is 8.66. The molecule has 0 spiro atoms. The molecule has 0 bridgehead atoms. The van der Waals surface area contributed by atoms with Crippen LogP contribution in [0.4, 0.5) is 0 Å². The first-order valence-corrected chi connectivity index (χ1v) is 3.11. The molecule has 1 rings (SSSR count). The highest BCUT2D eigenvalue weighted by Crippen LogP contribution is 1.97. The van der Waals surface area contributed by atoms with Crippen LogP contribution in [0.2, 0.25) is 0 Å². The molecule has 0 aliphatic rings. The van der Waals surface area contributed by atoms with Crippen molar-refractivity contribution in [3.8, 4) is 0 Å². The molecule has 3 N–H and O–H groups in total. The molecule has 0 saturated heterocycles. The van der Waals surface area contributed by atoms with Gasteiger partial charge in [-0.25, -0.2) is 0 Å². The van der Waals surface area contributed by atoms with Crippen LogP contribution >= 0.6 is 0 Å². The monoisotopic (exact) mass is 149 g/mol. The summed E-state index contributed by atoms with van der Waals surface area (Å²) < 4.78 is 0. The fourth-order valence-corrected chi connectivity index (χ4v) is 0.589. The molecular weight excluding hydrogens is 134 g/mol. The second-order valence-corrected chi connectivity index (χ2v) is 1.61. The van der Waals surface area contributed by atoms with E-state index in [4.69, 9.17) is 0 Å². The third-order valence-corrected chi connectivity index (χ3v) is 1.04. The van der Waals surface area contributed by atoms with E-state index in [1.165, 1.54) is 5.56 Å². The predicted molar refractivity (Wildman–Crippen MR) is 52.8 cm³/mol. The quantitative estimate of drug-likeness (QED) is 0.611. The number of benzene rings is 1. The summed E-state index contributed by atoms with van der Waals surface area (Å²) in [7, 11) is 0. The van der Waals surface area contributed by atoms with Crippen LogP contribution in [0.3, 0.4) is 0 Å². The van der Waals surface area contributed by atoms with Crippen molar-refractivity contribution in [3.63, 3.8) is 0 Å². The van der Waals surface area contributed by atoms with Gasteiger partial charge in [0.25, 0.3) is 0 Å². The van der Waals surface area contributed by atoms with Crippen LogP contribution in [0.1, 0.15) is 5.56 Å². The smallest absolute Gasteiger partial charge is 0.0263 e. The van der Waals surface area contributed by atoms with Crippen molar-refractivity contribution in [2.24, 2.45) is 0 Å². The van der Waals surface area contributed by atoms with Gasteiger partial charge in [-0.05, 0) is 5.56 Å². The maximum atomic E-state index is 3.63. The van der Waals surface area contributed by atoms with Gasteiger partial charge in [-0.3, -0.25) is 0 Å². The lowest BCUT2D eigenvalue weighted by molar-refractivity contribution is 1.67. The Labute approximate surface area is 68.7 Å². The minimum Gasteiger partial charge on any atom is -0.344 e. The normalized spacial score (nSPS) is 6.55. The first kappa shape index (κ1) is 12.3. The van der Waals surface area contributed by atoms with E-state index in [2.05, 4.69) is 19.7 Å². The lowest BCUT2D eigenvalue weighted by Gasteiger charge is -1.85. The maximum Gasteiger partial charge on any atom is -0.0263 e. The number of hydrogen-bond donors (Lipinski definition) is 1. The molecule has 0 unspecified atom stereocenters. The average molecular weight is 149 g/mol. The first-order chi connectivity index (χ1) is 4.93. The van der Waals surface area contributed by atoms with E-state index >= 15 is 0 Å². The summed E-state index contributed by atoms with van der Waals surface area (Å²) in [6.45, 7) is 9.63. The zero-order chi connectivity index (χ0) is 7.82. The SMILES string of the molecule is C=C.C=Cc1ccccc1.N. The lowest BCUT2D eigenvalue weighted by Crippen LogP contribution is -1.63.